The lowest BCUT2D eigenvalue weighted by molar-refractivity contribution is -0.121. The highest BCUT2D eigenvalue weighted by molar-refractivity contribution is 5.99. The molecule has 1 aliphatic heterocycles. The Labute approximate surface area is 139 Å². The molecular formula is C17H20F2N4O. The molecule has 1 aromatic heterocycles. The standard InChI is InChI=1S/C17H20F2N4O/c1-12-3-5-13(6-4-12)22-9-7-14(16(22)24)21(2)11-15-20-8-10-23(15)17(18)19/h3-6,8,10,14,17H,7,9,11H2,1-2H3/t14-/m0/s1. The van der Waals surface area contributed by atoms with E-state index in [0.717, 1.165) is 15.8 Å². The van der Waals surface area contributed by atoms with Crippen molar-refractivity contribution in [2.24, 2.45) is 0 Å². The number of carbonyl (C=O) groups is 1. The lowest BCUT2D eigenvalue weighted by Gasteiger charge is -2.23. The van der Waals surface area contributed by atoms with Crippen molar-refractivity contribution in [2.45, 2.75) is 32.5 Å². The highest BCUT2D eigenvalue weighted by atomic mass is 19.3. The first-order valence-electron chi connectivity index (χ1n) is 7.85. The Balaban J connectivity index is 1.70. The number of carbonyl (C=O) groups excluding carboxylic acids is 1. The molecule has 1 aliphatic rings. The van der Waals surface area contributed by atoms with Gasteiger partial charge in [-0.15, -0.1) is 0 Å². The van der Waals surface area contributed by atoms with Gasteiger partial charge in [-0.3, -0.25) is 14.3 Å². The van der Waals surface area contributed by atoms with Crippen LogP contribution in [0.15, 0.2) is 36.7 Å². The number of benzene rings is 1. The first-order chi connectivity index (χ1) is 11.5. The highest BCUT2D eigenvalue weighted by Gasteiger charge is 2.35. The van der Waals surface area contributed by atoms with Gasteiger partial charge in [0.15, 0.2) is 0 Å². The number of aryl methyl sites for hydroxylation is 1. The summed E-state index contributed by atoms with van der Waals surface area (Å²) in [5.41, 5.74) is 2.01. The van der Waals surface area contributed by atoms with Crippen LogP contribution in [0.3, 0.4) is 0 Å². The van der Waals surface area contributed by atoms with E-state index in [1.807, 2.05) is 31.2 Å². The van der Waals surface area contributed by atoms with Crippen molar-refractivity contribution < 1.29 is 13.6 Å². The summed E-state index contributed by atoms with van der Waals surface area (Å²) in [5.74, 6) is 0.255. The summed E-state index contributed by atoms with van der Waals surface area (Å²) in [7, 11) is 1.77. The monoisotopic (exact) mass is 334 g/mol. The number of imidazole rings is 1. The normalized spacial score (nSPS) is 18.2. The van der Waals surface area contributed by atoms with Crippen molar-refractivity contribution >= 4 is 11.6 Å². The van der Waals surface area contributed by atoms with E-state index in [1.165, 1.54) is 12.4 Å². The first kappa shape index (κ1) is 16.6. The molecule has 0 N–H and O–H groups in total. The van der Waals surface area contributed by atoms with Crippen molar-refractivity contribution in [1.29, 1.82) is 0 Å². The number of hydrogen-bond donors (Lipinski definition) is 0. The molecule has 0 spiro atoms. The highest BCUT2D eigenvalue weighted by Crippen LogP contribution is 2.25. The number of halogens is 2. The van der Waals surface area contributed by atoms with Gasteiger partial charge in [0, 0.05) is 24.6 Å². The van der Waals surface area contributed by atoms with Crippen LogP contribution in [0.2, 0.25) is 0 Å². The zero-order valence-corrected chi connectivity index (χ0v) is 13.7. The van der Waals surface area contributed by atoms with Crippen LogP contribution >= 0.6 is 0 Å². The first-order valence-corrected chi connectivity index (χ1v) is 7.85. The van der Waals surface area contributed by atoms with Crippen LogP contribution in [0, 0.1) is 6.92 Å². The summed E-state index contributed by atoms with van der Waals surface area (Å²) in [4.78, 5) is 20.2. The van der Waals surface area contributed by atoms with Gasteiger partial charge in [-0.2, -0.15) is 8.78 Å². The minimum atomic E-state index is -2.63. The van der Waals surface area contributed by atoms with E-state index in [-0.39, 0.29) is 24.3 Å². The molecule has 0 aliphatic carbocycles. The predicted molar refractivity (Wildman–Crippen MR) is 86.9 cm³/mol. The molecule has 5 nitrogen and oxygen atoms in total. The molecule has 1 amide bonds. The second-order valence-corrected chi connectivity index (χ2v) is 6.07. The second kappa shape index (κ2) is 6.68. The number of nitrogens with zero attached hydrogens (tertiary/aromatic N) is 4. The smallest absolute Gasteiger partial charge is 0.311 e. The topological polar surface area (TPSA) is 41.4 Å². The van der Waals surface area contributed by atoms with E-state index < -0.39 is 6.55 Å². The van der Waals surface area contributed by atoms with Gasteiger partial charge in [0.1, 0.15) is 5.82 Å². The fourth-order valence-corrected chi connectivity index (χ4v) is 3.03. The fourth-order valence-electron chi connectivity index (χ4n) is 3.03. The molecule has 2 aromatic rings. The second-order valence-electron chi connectivity index (χ2n) is 6.07. The Morgan fingerprint density at radius 3 is 2.71 bits per heavy atom. The van der Waals surface area contributed by atoms with E-state index in [9.17, 15) is 13.6 Å². The number of amides is 1. The molecule has 3 rings (SSSR count). The van der Waals surface area contributed by atoms with Crippen molar-refractivity contribution in [2.75, 3.05) is 18.5 Å². The molecular weight excluding hydrogens is 314 g/mol. The quantitative estimate of drug-likeness (QED) is 0.844. The maximum Gasteiger partial charge on any atom is 0.319 e. The molecule has 1 atom stereocenters. The third kappa shape index (κ3) is 3.17. The van der Waals surface area contributed by atoms with Crippen LogP contribution in [-0.2, 0) is 11.3 Å². The average molecular weight is 334 g/mol. The van der Waals surface area contributed by atoms with Gasteiger partial charge in [0.05, 0.1) is 12.6 Å². The average Bonchev–Trinajstić information content (AvgIpc) is 3.15. The minimum absolute atomic E-state index is 0.00324. The number of anilines is 1. The summed E-state index contributed by atoms with van der Waals surface area (Å²) in [6, 6.07) is 7.48. The van der Waals surface area contributed by atoms with Gasteiger partial charge < -0.3 is 4.90 Å². The molecule has 0 unspecified atom stereocenters. The molecule has 7 heteroatoms. The molecule has 2 heterocycles. The summed E-state index contributed by atoms with van der Waals surface area (Å²) < 4.78 is 26.6. The number of aromatic nitrogens is 2. The number of alkyl halides is 2. The summed E-state index contributed by atoms with van der Waals surface area (Å²) in [6.45, 7) is 0.201. The zero-order chi connectivity index (χ0) is 17.3. The van der Waals surface area contributed by atoms with Crippen molar-refractivity contribution in [1.82, 2.24) is 14.5 Å². The largest absolute Gasteiger partial charge is 0.319 e. The van der Waals surface area contributed by atoms with Gasteiger partial charge in [0.25, 0.3) is 0 Å². The van der Waals surface area contributed by atoms with Gasteiger partial charge in [0.2, 0.25) is 5.91 Å². The third-order valence-corrected chi connectivity index (χ3v) is 4.40. The Hall–Kier alpha value is -2.28. The lowest BCUT2D eigenvalue weighted by atomic mass is 10.2. The van der Waals surface area contributed by atoms with Crippen LogP contribution in [0.5, 0.6) is 0 Å². The number of rotatable bonds is 5. The Morgan fingerprint density at radius 1 is 1.33 bits per heavy atom. The Kier molecular flexibility index (Phi) is 4.62. The Morgan fingerprint density at radius 2 is 2.04 bits per heavy atom. The predicted octanol–water partition coefficient (Wildman–Crippen LogP) is 2.82. The van der Waals surface area contributed by atoms with E-state index in [2.05, 4.69) is 4.98 Å². The van der Waals surface area contributed by atoms with Crippen LogP contribution < -0.4 is 4.90 Å². The van der Waals surface area contributed by atoms with Crippen molar-refractivity contribution in [3.8, 4) is 0 Å². The molecule has 1 aromatic carbocycles. The van der Waals surface area contributed by atoms with E-state index in [0.29, 0.717) is 13.0 Å². The molecule has 128 valence electrons. The van der Waals surface area contributed by atoms with Crippen molar-refractivity contribution in [3.63, 3.8) is 0 Å². The van der Waals surface area contributed by atoms with E-state index >= 15 is 0 Å². The van der Waals surface area contributed by atoms with Crippen molar-refractivity contribution in [3.05, 3.63) is 48.0 Å². The van der Waals surface area contributed by atoms with Crippen LogP contribution in [0.1, 0.15) is 24.4 Å². The van der Waals surface area contributed by atoms with Gasteiger partial charge in [-0.1, -0.05) is 17.7 Å². The molecule has 1 saturated heterocycles. The van der Waals surface area contributed by atoms with Crippen LogP contribution in [-0.4, -0.2) is 40.0 Å². The van der Waals surface area contributed by atoms with Crippen LogP contribution in [0.4, 0.5) is 14.5 Å². The summed E-state index contributed by atoms with van der Waals surface area (Å²) in [6.07, 6.45) is 3.27. The van der Waals surface area contributed by atoms with Crippen LogP contribution in [0.25, 0.3) is 0 Å². The summed E-state index contributed by atoms with van der Waals surface area (Å²) >= 11 is 0. The maximum atomic E-state index is 12.9. The SMILES string of the molecule is Cc1ccc(N2CC[C@H](N(C)Cc3nccn3C(F)F)C2=O)cc1. The molecule has 0 radical (unpaired) electrons. The third-order valence-electron chi connectivity index (χ3n) is 4.40. The number of hydrogen-bond acceptors (Lipinski definition) is 3. The van der Waals surface area contributed by atoms with Gasteiger partial charge in [-0.25, -0.2) is 4.98 Å². The molecule has 24 heavy (non-hydrogen) atoms. The zero-order valence-electron chi connectivity index (χ0n) is 13.7. The van der Waals surface area contributed by atoms with Gasteiger partial charge in [-0.05, 0) is 32.5 Å². The summed E-state index contributed by atoms with van der Waals surface area (Å²) in [5, 5.41) is 0. The molecule has 1 fully saturated rings. The van der Waals surface area contributed by atoms with E-state index in [4.69, 9.17) is 0 Å². The molecule has 0 saturated carbocycles. The fraction of sp³-hybridized carbons (Fsp3) is 0.412. The molecule has 0 bridgehead atoms. The maximum absolute atomic E-state index is 12.9. The van der Waals surface area contributed by atoms with Gasteiger partial charge >= 0.3 is 6.55 Å². The Bertz CT molecular complexity index is 714. The van der Waals surface area contributed by atoms with E-state index in [1.54, 1.807) is 16.8 Å². The lowest BCUT2D eigenvalue weighted by Crippen LogP contribution is -2.39. The number of likely N-dealkylation sites (N-methyl/N-ethyl adjacent to an activating group) is 1. The minimum Gasteiger partial charge on any atom is -0.311 e.